The minimum atomic E-state index is -4.03. The van der Waals surface area contributed by atoms with Gasteiger partial charge in [-0.1, -0.05) is 0 Å². The van der Waals surface area contributed by atoms with E-state index in [0.29, 0.717) is 19.1 Å². The van der Waals surface area contributed by atoms with Crippen LogP contribution in [-0.2, 0) is 14.8 Å². The van der Waals surface area contributed by atoms with Crippen LogP contribution in [0.25, 0.3) is 0 Å². The highest BCUT2D eigenvalue weighted by molar-refractivity contribution is 9.10. The van der Waals surface area contributed by atoms with Crippen molar-refractivity contribution in [1.29, 1.82) is 0 Å². The van der Waals surface area contributed by atoms with Crippen LogP contribution in [0.5, 0.6) is 0 Å². The van der Waals surface area contributed by atoms with E-state index in [1.807, 2.05) is 13.8 Å². The molecule has 4 nitrogen and oxygen atoms in total. The first-order valence-electron chi connectivity index (χ1n) is 6.00. The number of hydrogen-bond donors (Lipinski definition) is 1. The third-order valence-electron chi connectivity index (χ3n) is 2.30. The number of ether oxygens (including phenoxy) is 1. The Bertz CT molecular complexity index is 541. The zero-order valence-electron chi connectivity index (χ0n) is 11.1. The van der Waals surface area contributed by atoms with Crippen LogP contribution < -0.4 is 4.72 Å². The van der Waals surface area contributed by atoms with E-state index in [9.17, 15) is 17.2 Å². The standard InChI is InChI=1S/C12H16BrF2NO3S/c1-8(2)19-5-3-4-16-20(17,18)12-10(13)6-9(14)7-11(12)15/h6-8,16H,3-5H2,1-2H3. The predicted octanol–water partition coefficient (Wildman–Crippen LogP) is 2.82. The lowest BCUT2D eigenvalue weighted by Gasteiger charge is -2.10. The van der Waals surface area contributed by atoms with Gasteiger partial charge >= 0.3 is 0 Å². The number of nitrogens with one attached hydrogen (secondary N) is 1. The zero-order chi connectivity index (χ0) is 15.3. The van der Waals surface area contributed by atoms with Crippen molar-refractivity contribution in [2.24, 2.45) is 0 Å². The van der Waals surface area contributed by atoms with E-state index in [1.54, 1.807) is 0 Å². The molecule has 8 heteroatoms. The molecule has 0 aliphatic rings. The molecule has 0 aromatic heterocycles. The molecular weight excluding hydrogens is 356 g/mol. The van der Waals surface area contributed by atoms with Crippen LogP contribution in [0.15, 0.2) is 21.5 Å². The van der Waals surface area contributed by atoms with Gasteiger partial charge in [-0.2, -0.15) is 0 Å². The number of halogens is 3. The Morgan fingerprint density at radius 1 is 1.35 bits per heavy atom. The lowest BCUT2D eigenvalue weighted by atomic mass is 10.3. The van der Waals surface area contributed by atoms with Crippen molar-refractivity contribution in [1.82, 2.24) is 4.72 Å². The largest absolute Gasteiger partial charge is 0.379 e. The van der Waals surface area contributed by atoms with E-state index in [0.717, 1.165) is 6.07 Å². The minimum absolute atomic E-state index is 0.0651. The third kappa shape index (κ3) is 5.08. The van der Waals surface area contributed by atoms with E-state index in [2.05, 4.69) is 20.7 Å². The van der Waals surface area contributed by atoms with Crippen LogP contribution in [-0.4, -0.2) is 27.7 Å². The first-order valence-corrected chi connectivity index (χ1v) is 8.27. The monoisotopic (exact) mass is 371 g/mol. The topological polar surface area (TPSA) is 55.4 Å². The second-order valence-corrected chi connectivity index (χ2v) is 6.93. The molecule has 0 saturated heterocycles. The molecule has 1 N–H and O–H groups in total. The molecule has 0 spiro atoms. The Morgan fingerprint density at radius 3 is 2.55 bits per heavy atom. The fourth-order valence-electron chi connectivity index (χ4n) is 1.46. The van der Waals surface area contributed by atoms with Crippen LogP contribution in [0.3, 0.4) is 0 Å². The Hall–Kier alpha value is -0.570. The Morgan fingerprint density at radius 2 is 2.00 bits per heavy atom. The average Bonchev–Trinajstić information content (AvgIpc) is 2.25. The fraction of sp³-hybridized carbons (Fsp3) is 0.500. The van der Waals surface area contributed by atoms with Gasteiger partial charge in [0.15, 0.2) is 0 Å². The van der Waals surface area contributed by atoms with E-state index in [4.69, 9.17) is 4.74 Å². The maximum Gasteiger partial charge on any atom is 0.244 e. The van der Waals surface area contributed by atoms with Crippen LogP contribution >= 0.6 is 15.9 Å². The quantitative estimate of drug-likeness (QED) is 0.749. The first kappa shape index (κ1) is 17.5. The summed E-state index contributed by atoms with van der Waals surface area (Å²) >= 11 is 2.85. The van der Waals surface area contributed by atoms with E-state index in [1.165, 1.54) is 0 Å². The summed E-state index contributed by atoms with van der Waals surface area (Å²) in [4.78, 5) is -0.594. The lowest BCUT2D eigenvalue weighted by molar-refractivity contribution is 0.0778. The van der Waals surface area contributed by atoms with E-state index >= 15 is 0 Å². The molecule has 0 amide bonds. The molecule has 0 atom stereocenters. The Kier molecular flexibility index (Phi) is 6.50. The zero-order valence-corrected chi connectivity index (χ0v) is 13.5. The summed E-state index contributed by atoms with van der Waals surface area (Å²) in [6.45, 7) is 4.25. The molecule has 0 saturated carbocycles. The maximum atomic E-state index is 13.6. The summed E-state index contributed by atoms with van der Waals surface area (Å²) in [5.41, 5.74) is 0. The molecule has 1 aromatic carbocycles. The molecule has 0 heterocycles. The molecular formula is C12H16BrF2NO3S. The van der Waals surface area contributed by atoms with Gasteiger partial charge in [0.1, 0.15) is 16.5 Å². The molecule has 0 fully saturated rings. The molecule has 20 heavy (non-hydrogen) atoms. The van der Waals surface area contributed by atoms with Crippen molar-refractivity contribution >= 4 is 26.0 Å². The lowest BCUT2D eigenvalue weighted by Crippen LogP contribution is -2.27. The summed E-state index contributed by atoms with van der Waals surface area (Å²) in [6.07, 6.45) is 0.521. The molecule has 0 aliphatic carbocycles. The van der Waals surface area contributed by atoms with Gasteiger partial charge in [0.25, 0.3) is 0 Å². The molecule has 0 unspecified atom stereocenters. The second kappa shape index (κ2) is 7.44. The second-order valence-electron chi connectivity index (χ2n) is 4.37. The highest BCUT2D eigenvalue weighted by Gasteiger charge is 2.23. The van der Waals surface area contributed by atoms with Crippen molar-refractivity contribution < 1.29 is 21.9 Å². The highest BCUT2D eigenvalue weighted by atomic mass is 79.9. The summed E-state index contributed by atoms with van der Waals surface area (Å²) < 4.78 is 57.7. The van der Waals surface area contributed by atoms with Crippen molar-refractivity contribution in [2.75, 3.05) is 13.2 Å². The number of hydrogen-bond acceptors (Lipinski definition) is 3. The highest BCUT2D eigenvalue weighted by Crippen LogP contribution is 2.25. The van der Waals surface area contributed by atoms with Gasteiger partial charge in [-0.05, 0) is 42.3 Å². The van der Waals surface area contributed by atoms with Crippen LogP contribution in [0, 0.1) is 11.6 Å². The number of benzene rings is 1. The number of sulfonamides is 1. The molecule has 114 valence electrons. The van der Waals surface area contributed by atoms with Crippen LogP contribution in [0.4, 0.5) is 8.78 Å². The Balaban J connectivity index is 2.70. The molecule has 1 aromatic rings. The summed E-state index contributed by atoms with van der Waals surface area (Å²) in [7, 11) is -4.03. The van der Waals surface area contributed by atoms with E-state index in [-0.39, 0.29) is 17.1 Å². The number of rotatable bonds is 7. The van der Waals surface area contributed by atoms with Crippen LogP contribution in [0.2, 0.25) is 0 Å². The normalized spacial score (nSPS) is 12.1. The van der Waals surface area contributed by atoms with Gasteiger partial charge in [-0.3, -0.25) is 0 Å². The third-order valence-corrected chi connectivity index (χ3v) is 4.72. The van der Waals surface area contributed by atoms with Gasteiger partial charge in [0.2, 0.25) is 10.0 Å². The Labute approximate surface area is 125 Å². The van der Waals surface area contributed by atoms with Gasteiger partial charge in [0.05, 0.1) is 6.10 Å². The smallest absolute Gasteiger partial charge is 0.244 e. The average molecular weight is 372 g/mol. The predicted molar refractivity (Wildman–Crippen MR) is 75.0 cm³/mol. The summed E-state index contributed by atoms with van der Waals surface area (Å²) in [5, 5.41) is 0. The van der Waals surface area contributed by atoms with Crippen molar-refractivity contribution in [3.63, 3.8) is 0 Å². The maximum absolute atomic E-state index is 13.6. The van der Waals surface area contributed by atoms with Gasteiger partial charge in [-0.25, -0.2) is 21.9 Å². The minimum Gasteiger partial charge on any atom is -0.379 e. The van der Waals surface area contributed by atoms with Gasteiger partial charge in [-0.15, -0.1) is 0 Å². The first-order chi connectivity index (χ1) is 9.24. The van der Waals surface area contributed by atoms with Crippen molar-refractivity contribution in [3.05, 3.63) is 28.2 Å². The fourth-order valence-corrected chi connectivity index (χ4v) is 3.69. The summed E-state index contributed by atoms with van der Waals surface area (Å²) in [5.74, 6) is -1.98. The van der Waals surface area contributed by atoms with Crippen molar-refractivity contribution in [2.45, 2.75) is 31.3 Å². The van der Waals surface area contributed by atoms with Crippen LogP contribution in [0.1, 0.15) is 20.3 Å². The molecule has 0 aliphatic heterocycles. The molecule has 1 rings (SSSR count). The SMILES string of the molecule is CC(C)OCCCNS(=O)(=O)c1c(F)cc(F)cc1Br. The van der Waals surface area contributed by atoms with Gasteiger partial charge < -0.3 is 4.74 Å². The summed E-state index contributed by atoms with van der Waals surface area (Å²) in [6, 6.07) is 1.43. The van der Waals surface area contributed by atoms with Gasteiger partial charge in [0, 0.05) is 23.7 Å². The van der Waals surface area contributed by atoms with Crippen molar-refractivity contribution in [3.8, 4) is 0 Å². The molecule has 0 bridgehead atoms. The molecule has 0 radical (unpaired) electrons. The van der Waals surface area contributed by atoms with E-state index < -0.39 is 26.6 Å².